The van der Waals surface area contributed by atoms with E-state index < -0.39 is 0 Å². The molecule has 1 amide bonds. The van der Waals surface area contributed by atoms with Gasteiger partial charge in [0, 0.05) is 12.2 Å². The van der Waals surface area contributed by atoms with Gasteiger partial charge in [0.05, 0.1) is 6.42 Å². The molecule has 3 nitrogen and oxygen atoms in total. The molecule has 1 aliphatic rings. The average Bonchev–Trinajstić information content (AvgIpc) is 2.30. The molecule has 0 atom stereocenters. The Kier molecular flexibility index (Phi) is 3.23. The molecule has 0 spiro atoms. The first kappa shape index (κ1) is 10.7. The van der Waals surface area contributed by atoms with E-state index in [1.54, 1.807) is 0 Å². The van der Waals surface area contributed by atoms with Crippen molar-refractivity contribution in [2.45, 2.75) is 19.4 Å². The molecule has 3 heteroatoms. The molecule has 2 rings (SSSR count). The topological polar surface area (TPSA) is 41.1 Å². The van der Waals surface area contributed by atoms with Gasteiger partial charge in [-0.25, -0.2) is 0 Å². The number of carbonyl (C=O) groups excluding carboxylic acids is 1. The molecule has 1 aromatic carbocycles. The highest BCUT2D eigenvalue weighted by Crippen LogP contribution is 2.23. The standard InChI is InChI=1S/C13H14N2O/c1-2-4-13(16)15-12-6-3-5-10-9-14-8-7-11(10)12/h1,3,5-6,14H,4,7-9H2,(H,15,16). The Hall–Kier alpha value is -1.79. The average molecular weight is 214 g/mol. The van der Waals surface area contributed by atoms with Crippen LogP contribution in [0.2, 0.25) is 0 Å². The van der Waals surface area contributed by atoms with Gasteiger partial charge in [-0.05, 0) is 30.2 Å². The summed E-state index contributed by atoms with van der Waals surface area (Å²) in [6, 6.07) is 5.97. The molecule has 2 N–H and O–H groups in total. The summed E-state index contributed by atoms with van der Waals surface area (Å²) in [7, 11) is 0. The second-order valence-corrected chi connectivity index (χ2v) is 3.80. The van der Waals surface area contributed by atoms with E-state index in [1.807, 2.05) is 12.1 Å². The summed E-state index contributed by atoms with van der Waals surface area (Å²) in [6.45, 7) is 1.82. The summed E-state index contributed by atoms with van der Waals surface area (Å²) in [4.78, 5) is 11.4. The zero-order chi connectivity index (χ0) is 11.4. The second kappa shape index (κ2) is 4.82. The number of rotatable bonds is 2. The van der Waals surface area contributed by atoms with E-state index in [2.05, 4.69) is 22.6 Å². The van der Waals surface area contributed by atoms with E-state index in [4.69, 9.17) is 6.42 Å². The van der Waals surface area contributed by atoms with Crippen LogP contribution in [0.15, 0.2) is 18.2 Å². The largest absolute Gasteiger partial charge is 0.325 e. The van der Waals surface area contributed by atoms with Gasteiger partial charge in [-0.15, -0.1) is 6.42 Å². The molecule has 0 fully saturated rings. The first-order chi connectivity index (χ1) is 7.81. The molecule has 0 bridgehead atoms. The lowest BCUT2D eigenvalue weighted by Gasteiger charge is -2.20. The molecular weight excluding hydrogens is 200 g/mol. The van der Waals surface area contributed by atoms with E-state index in [-0.39, 0.29) is 12.3 Å². The molecule has 1 heterocycles. The van der Waals surface area contributed by atoms with Gasteiger partial charge in [0.2, 0.25) is 5.91 Å². The summed E-state index contributed by atoms with van der Waals surface area (Å²) < 4.78 is 0. The Bertz CT molecular complexity index is 446. The van der Waals surface area contributed by atoms with Crippen molar-refractivity contribution in [2.75, 3.05) is 11.9 Å². The monoisotopic (exact) mass is 214 g/mol. The molecule has 0 radical (unpaired) electrons. The van der Waals surface area contributed by atoms with Crippen molar-refractivity contribution in [3.8, 4) is 12.3 Å². The van der Waals surface area contributed by atoms with Gasteiger partial charge in [-0.2, -0.15) is 0 Å². The number of hydrogen-bond donors (Lipinski definition) is 2. The fourth-order valence-corrected chi connectivity index (χ4v) is 1.94. The van der Waals surface area contributed by atoms with Gasteiger partial charge >= 0.3 is 0 Å². The van der Waals surface area contributed by atoms with Gasteiger partial charge in [-0.1, -0.05) is 18.1 Å². The van der Waals surface area contributed by atoms with Crippen LogP contribution in [-0.4, -0.2) is 12.5 Å². The van der Waals surface area contributed by atoms with Gasteiger partial charge < -0.3 is 10.6 Å². The SMILES string of the molecule is C#CCC(=O)Nc1cccc2c1CCNC2. The first-order valence-corrected chi connectivity index (χ1v) is 5.36. The number of carbonyl (C=O) groups is 1. The number of amides is 1. The van der Waals surface area contributed by atoms with Crippen molar-refractivity contribution in [3.05, 3.63) is 29.3 Å². The molecule has 16 heavy (non-hydrogen) atoms. The van der Waals surface area contributed by atoms with Crippen LogP contribution in [0.3, 0.4) is 0 Å². The molecule has 0 aliphatic carbocycles. The molecule has 1 aromatic rings. The minimum absolute atomic E-state index is 0.116. The van der Waals surface area contributed by atoms with Gasteiger partial charge in [0.25, 0.3) is 0 Å². The van der Waals surface area contributed by atoms with Crippen molar-refractivity contribution < 1.29 is 4.79 Å². The minimum atomic E-state index is -0.116. The van der Waals surface area contributed by atoms with Crippen molar-refractivity contribution in [1.82, 2.24) is 5.32 Å². The number of nitrogens with one attached hydrogen (secondary N) is 2. The summed E-state index contributed by atoms with van der Waals surface area (Å²) in [6.07, 6.45) is 6.17. The van der Waals surface area contributed by atoms with Crippen LogP contribution < -0.4 is 10.6 Å². The van der Waals surface area contributed by atoms with Crippen LogP contribution in [0.5, 0.6) is 0 Å². The number of benzene rings is 1. The summed E-state index contributed by atoms with van der Waals surface area (Å²) in [5, 5.41) is 6.16. The van der Waals surface area contributed by atoms with Crippen LogP contribution >= 0.6 is 0 Å². The van der Waals surface area contributed by atoms with E-state index in [1.165, 1.54) is 11.1 Å². The maximum Gasteiger partial charge on any atom is 0.236 e. The van der Waals surface area contributed by atoms with Gasteiger partial charge in [0.1, 0.15) is 0 Å². The highest BCUT2D eigenvalue weighted by molar-refractivity contribution is 5.93. The molecular formula is C13H14N2O. The third kappa shape index (κ3) is 2.23. The molecule has 0 saturated carbocycles. The van der Waals surface area contributed by atoms with Gasteiger partial charge in [0.15, 0.2) is 0 Å². The second-order valence-electron chi connectivity index (χ2n) is 3.80. The summed E-state index contributed by atoms with van der Waals surface area (Å²) >= 11 is 0. The molecule has 1 aliphatic heterocycles. The molecule has 82 valence electrons. The molecule has 0 saturated heterocycles. The van der Waals surface area contributed by atoms with E-state index in [0.29, 0.717) is 0 Å². The fraction of sp³-hybridized carbons (Fsp3) is 0.308. The normalized spacial score (nSPS) is 13.7. The third-order valence-corrected chi connectivity index (χ3v) is 2.68. The fourth-order valence-electron chi connectivity index (χ4n) is 1.94. The van der Waals surface area contributed by atoms with Crippen LogP contribution in [0, 0.1) is 12.3 Å². The smallest absolute Gasteiger partial charge is 0.236 e. The first-order valence-electron chi connectivity index (χ1n) is 5.36. The van der Waals surface area contributed by atoms with Crippen LogP contribution in [0.1, 0.15) is 17.5 Å². The number of terminal acetylenes is 1. The lowest BCUT2D eigenvalue weighted by molar-refractivity contribution is -0.115. The Labute approximate surface area is 95.2 Å². The van der Waals surface area contributed by atoms with Crippen LogP contribution in [0.4, 0.5) is 5.69 Å². The number of anilines is 1. The van der Waals surface area contributed by atoms with Crippen molar-refractivity contribution in [2.24, 2.45) is 0 Å². The third-order valence-electron chi connectivity index (χ3n) is 2.68. The van der Waals surface area contributed by atoms with E-state index in [0.717, 1.165) is 25.2 Å². The molecule has 0 aromatic heterocycles. The Morgan fingerprint density at radius 2 is 2.44 bits per heavy atom. The summed E-state index contributed by atoms with van der Waals surface area (Å²) in [5.41, 5.74) is 3.38. The van der Waals surface area contributed by atoms with Crippen molar-refractivity contribution in [3.63, 3.8) is 0 Å². The maximum absolute atomic E-state index is 11.4. The number of fused-ring (bicyclic) bond motifs is 1. The predicted molar refractivity (Wildman–Crippen MR) is 63.9 cm³/mol. The van der Waals surface area contributed by atoms with Crippen LogP contribution in [0.25, 0.3) is 0 Å². The van der Waals surface area contributed by atoms with Crippen molar-refractivity contribution in [1.29, 1.82) is 0 Å². The highest BCUT2D eigenvalue weighted by Gasteiger charge is 2.13. The van der Waals surface area contributed by atoms with E-state index >= 15 is 0 Å². The minimum Gasteiger partial charge on any atom is -0.325 e. The Morgan fingerprint density at radius 3 is 3.25 bits per heavy atom. The van der Waals surface area contributed by atoms with Crippen molar-refractivity contribution >= 4 is 11.6 Å². The number of hydrogen-bond acceptors (Lipinski definition) is 2. The quantitative estimate of drug-likeness (QED) is 0.728. The molecule has 0 unspecified atom stereocenters. The Balaban J connectivity index is 2.21. The van der Waals surface area contributed by atoms with E-state index in [9.17, 15) is 4.79 Å². The highest BCUT2D eigenvalue weighted by atomic mass is 16.1. The van der Waals surface area contributed by atoms with Crippen LogP contribution in [-0.2, 0) is 17.8 Å². The zero-order valence-electron chi connectivity index (χ0n) is 9.05. The zero-order valence-corrected chi connectivity index (χ0v) is 9.05. The lowest BCUT2D eigenvalue weighted by Crippen LogP contribution is -2.25. The lowest BCUT2D eigenvalue weighted by atomic mass is 9.99. The summed E-state index contributed by atoms with van der Waals surface area (Å²) in [5.74, 6) is 2.23. The predicted octanol–water partition coefficient (Wildman–Crippen LogP) is 1.29. The maximum atomic E-state index is 11.4. The van der Waals surface area contributed by atoms with Gasteiger partial charge in [-0.3, -0.25) is 4.79 Å². The Morgan fingerprint density at radius 1 is 1.56 bits per heavy atom.